The maximum absolute atomic E-state index is 11.7. The van der Waals surface area contributed by atoms with Crippen LogP contribution in [0.2, 0.25) is 0 Å². The number of rotatable bonds is 1. The summed E-state index contributed by atoms with van der Waals surface area (Å²) in [4.78, 5) is 13.5. The lowest BCUT2D eigenvalue weighted by Crippen LogP contribution is -2.32. The van der Waals surface area contributed by atoms with Crippen molar-refractivity contribution in [1.29, 1.82) is 0 Å². The van der Waals surface area contributed by atoms with E-state index in [9.17, 15) is 4.79 Å². The third kappa shape index (κ3) is 2.27. The molecule has 0 bridgehead atoms. The summed E-state index contributed by atoms with van der Waals surface area (Å²) >= 11 is 0. The van der Waals surface area contributed by atoms with Crippen molar-refractivity contribution < 1.29 is 9.90 Å². The number of nitrogens with zero attached hydrogens (tertiary/aromatic N) is 1. The Kier molecular flexibility index (Phi) is 2.87. The second kappa shape index (κ2) is 4.31. The van der Waals surface area contributed by atoms with Gasteiger partial charge in [-0.1, -0.05) is 0 Å². The molecule has 0 aliphatic carbocycles. The number of aromatic hydroxyl groups is 1. The number of amides is 1. The Labute approximate surface area is 88.5 Å². The van der Waals surface area contributed by atoms with Crippen molar-refractivity contribution in [1.82, 2.24) is 5.32 Å². The van der Waals surface area contributed by atoms with E-state index in [0.29, 0.717) is 13.0 Å². The predicted octanol–water partition coefficient (Wildman–Crippen LogP) is 0.718. The monoisotopic (exact) mass is 206 g/mol. The maximum Gasteiger partial charge on any atom is 0.228 e. The second-order valence-corrected chi connectivity index (χ2v) is 3.56. The fourth-order valence-electron chi connectivity index (χ4n) is 1.68. The first kappa shape index (κ1) is 9.98. The van der Waals surface area contributed by atoms with Crippen molar-refractivity contribution in [3.05, 3.63) is 24.3 Å². The molecule has 0 aromatic heterocycles. The largest absolute Gasteiger partial charge is 0.508 e. The molecule has 1 aromatic carbocycles. The minimum Gasteiger partial charge on any atom is -0.508 e. The summed E-state index contributed by atoms with van der Waals surface area (Å²) in [6.45, 7) is 2.24. The first-order valence-electron chi connectivity index (χ1n) is 5.07. The van der Waals surface area contributed by atoms with Crippen LogP contribution in [0, 0.1) is 0 Å². The SMILES string of the molecule is O=C1CCNCCN1c1ccc(O)cc1. The van der Waals surface area contributed by atoms with Gasteiger partial charge in [0.15, 0.2) is 0 Å². The van der Waals surface area contributed by atoms with Gasteiger partial charge in [-0.2, -0.15) is 0 Å². The van der Waals surface area contributed by atoms with Crippen LogP contribution in [-0.2, 0) is 4.79 Å². The molecule has 80 valence electrons. The molecular formula is C11H14N2O2. The normalized spacial score (nSPS) is 17.6. The molecule has 1 aromatic rings. The van der Waals surface area contributed by atoms with Gasteiger partial charge >= 0.3 is 0 Å². The summed E-state index contributed by atoms with van der Waals surface area (Å²) in [6.07, 6.45) is 0.529. The molecule has 4 heteroatoms. The van der Waals surface area contributed by atoms with Crippen LogP contribution in [0.15, 0.2) is 24.3 Å². The number of phenolic OH excluding ortho intramolecular Hbond substituents is 1. The fourth-order valence-corrected chi connectivity index (χ4v) is 1.68. The molecule has 1 fully saturated rings. The van der Waals surface area contributed by atoms with Gasteiger partial charge in [-0.3, -0.25) is 4.79 Å². The third-order valence-corrected chi connectivity index (χ3v) is 2.49. The Morgan fingerprint density at radius 3 is 2.67 bits per heavy atom. The molecule has 15 heavy (non-hydrogen) atoms. The van der Waals surface area contributed by atoms with E-state index < -0.39 is 0 Å². The van der Waals surface area contributed by atoms with E-state index in [4.69, 9.17) is 5.11 Å². The van der Waals surface area contributed by atoms with Crippen LogP contribution in [0.25, 0.3) is 0 Å². The average Bonchev–Trinajstić information content (AvgIpc) is 2.44. The zero-order chi connectivity index (χ0) is 10.7. The van der Waals surface area contributed by atoms with Crippen LogP contribution in [-0.4, -0.2) is 30.6 Å². The summed E-state index contributed by atoms with van der Waals surface area (Å²) in [5, 5.41) is 12.3. The fraction of sp³-hybridized carbons (Fsp3) is 0.364. The Balaban J connectivity index is 2.20. The number of carbonyl (C=O) groups excluding carboxylic acids is 1. The minimum atomic E-state index is 0.130. The van der Waals surface area contributed by atoms with Gasteiger partial charge in [-0.15, -0.1) is 0 Å². The van der Waals surface area contributed by atoms with Crippen molar-refractivity contribution in [2.75, 3.05) is 24.5 Å². The van der Waals surface area contributed by atoms with Gasteiger partial charge in [0, 0.05) is 31.7 Å². The number of hydrogen-bond acceptors (Lipinski definition) is 3. The molecular weight excluding hydrogens is 192 g/mol. The number of carbonyl (C=O) groups is 1. The predicted molar refractivity (Wildman–Crippen MR) is 57.9 cm³/mol. The summed E-state index contributed by atoms with van der Waals surface area (Å²) in [7, 11) is 0. The van der Waals surface area contributed by atoms with Gasteiger partial charge in [-0.05, 0) is 24.3 Å². The molecule has 0 radical (unpaired) electrons. The number of hydrogen-bond donors (Lipinski definition) is 2. The Morgan fingerprint density at radius 1 is 1.20 bits per heavy atom. The van der Waals surface area contributed by atoms with E-state index >= 15 is 0 Å². The van der Waals surface area contributed by atoms with Crippen LogP contribution in [0.3, 0.4) is 0 Å². The first-order chi connectivity index (χ1) is 7.27. The highest BCUT2D eigenvalue weighted by molar-refractivity contribution is 5.93. The summed E-state index contributed by atoms with van der Waals surface area (Å²) in [5.41, 5.74) is 0.849. The molecule has 0 saturated carbocycles. The van der Waals surface area contributed by atoms with Gasteiger partial charge in [0.2, 0.25) is 5.91 Å². The number of benzene rings is 1. The smallest absolute Gasteiger partial charge is 0.228 e. The molecule has 1 saturated heterocycles. The molecule has 0 atom stereocenters. The highest BCUT2D eigenvalue weighted by atomic mass is 16.3. The maximum atomic E-state index is 11.7. The van der Waals surface area contributed by atoms with Gasteiger partial charge in [0.25, 0.3) is 0 Å². The van der Waals surface area contributed by atoms with E-state index in [1.165, 1.54) is 0 Å². The van der Waals surface area contributed by atoms with Crippen molar-refractivity contribution >= 4 is 11.6 Å². The Morgan fingerprint density at radius 2 is 1.93 bits per heavy atom. The van der Waals surface area contributed by atoms with E-state index in [1.807, 2.05) is 0 Å². The topological polar surface area (TPSA) is 52.6 Å². The average molecular weight is 206 g/mol. The van der Waals surface area contributed by atoms with Crippen molar-refractivity contribution in [3.63, 3.8) is 0 Å². The zero-order valence-electron chi connectivity index (χ0n) is 8.44. The lowest BCUT2D eigenvalue weighted by molar-refractivity contribution is -0.118. The number of anilines is 1. The van der Waals surface area contributed by atoms with Crippen molar-refractivity contribution in [2.45, 2.75) is 6.42 Å². The van der Waals surface area contributed by atoms with Crippen LogP contribution < -0.4 is 10.2 Å². The molecule has 4 nitrogen and oxygen atoms in total. The van der Waals surface area contributed by atoms with Crippen molar-refractivity contribution in [2.24, 2.45) is 0 Å². The zero-order valence-corrected chi connectivity index (χ0v) is 8.44. The molecule has 2 rings (SSSR count). The van der Waals surface area contributed by atoms with Crippen LogP contribution in [0.5, 0.6) is 5.75 Å². The molecule has 0 unspecified atom stereocenters. The minimum absolute atomic E-state index is 0.130. The Bertz CT molecular complexity index is 348. The third-order valence-electron chi connectivity index (χ3n) is 2.49. The van der Waals surface area contributed by atoms with Crippen LogP contribution in [0.1, 0.15) is 6.42 Å². The van der Waals surface area contributed by atoms with E-state index in [2.05, 4.69) is 5.32 Å². The van der Waals surface area contributed by atoms with Gasteiger partial charge in [-0.25, -0.2) is 0 Å². The standard InChI is InChI=1S/C11H14N2O2/c14-10-3-1-9(2-4-10)13-8-7-12-6-5-11(13)15/h1-4,12,14H,5-8H2. The van der Waals surface area contributed by atoms with Crippen molar-refractivity contribution in [3.8, 4) is 5.75 Å². The van der Waals surface area contributed by atoms with Crippen LogP contribution >= 0.6 is 0 Å². The highest BCUT2D eigenvalue weighted by Crippen LogP contribution is 2.19. The molecule has 1 heterocycles. The number of phenols is 1. The summed E-state index contributed by atoms with van der Waals surface area (Å²) in [5.74, 6) is 0.352. The van der Waals surface area contributed by atoms with E-state index in [-0.39, 0.29) is 11.7 Å². The molecule has 1 aliphatic rings. The molecule has 2 N–H and O–H groups in total. The summed E-state index contributed by atoms with van der Waals surface area (Å²) in [6, 6.07) is 6.72. The molecule has 1 aliphatic heterocycles. The first-order valence-corrected chi connectivity index (χ1v) is 5.07. The van der Waals surface area contributed by atoms with Gasteiger partial charge in [0.05, 0.1) is 0 Å². The number of nitrogens with one attached hydrogen (secondary N) is 1. The van der Waals surface area contributed by atoms with E-state index in [1.54, 1.807) is 29.2 Å². The van der Waals surface area contributed by atoms with Crippen LogP contribution in [0.4, 0.5) is 5.69 Å². The molecule has 0 spiro atoms. The second-order valence-electron chi connectivity index (χ2n) is 3.56. The van der Waals surface area contributed by atoms with Gasteiger partial charge < -0.3 is 15.3 Å². The highest BCUT2D eigenvalue weighted by Gasteiger charge is 2.17. The molecule has 1 amide bonds. The quantitative estimate of drug-likeness (QED) is 0.711. The lowest BCUT2D eigenvalue weighted by atomic mass is 10.2. The summed E-state index contributed by atoms with van der Waals surface area (Å²) < 4.78 is 0. The Hall–Kier alpha value is -1.55. The van der Waals surface area contributed by atoms with Gasteiger partial charge in [0.1, 0.15) is 5.75 Å². The van der Waals surface area contributed by atoms with E-state index in [0.717, 1.165) is 18.8 Å². The lowest BCUT2D eigenvalue weighted by Gasteiger charge is -2.20.